The maximum Gasteiger partial charge on any atom is 0.123 e. The second kappa shape index (κ2) is 6.66. The minimum Gasteiger partial charge on any atom is -0.384 e. The van der Waals surface area contributed by atoms with E-state index in [9.17, 15) is 0 Å². The molecule has 0 saturated heterocycles. The number of hydrogen-bond acceptors (Lipinski definition) is 5. The zero-order chi connectivity index (χ0) is 20.9. The maximum atomic E-state index is 6.01. The highest BCUT2D eigenvalue weighted by atomic mass is 15.0. The van der Waals surface area contributed by atoms with Crippen molar-refractivity contribution in [1.82, 2.24) is 15.0 Å². The Kier molecular flexibility index (Phi) is 4.07. The molecule has 1 unspecified atom stereocenters. The predicted molar refractivity (Wildman–Crippen MR) is 122 cm³/mol. The van der Waals surface area contributed by atoms with Gasteiger partial charge in [0.15, 0.2) is 0 Å². The topological polar surface area (TPSA) is 76.7 Å². The molecule has 1 atom stereocenters. The fourth-order valence-corrected chi connectivity index (χ4v) is 4.13. The third-order valence-electron chi connectivity index (χ3n) is 5.68. The van der Waals surface area contributed by atoms with Gasteiger partial charge in [-0.3, -0.25) is 9.97 Å². The molecule has 3 N–H and O–H groups in total. The number of hydrogen-bond donors (Lipinski definition) is 2. The standard InChI is InChI=1S/C25H23N5/c1-15-9-10-16(2)28-22(15)19-14-25(3,20-7-4-8-21(26)29-20)30-24-18(19)12-11-17-6-5-13-27-23(17)24/h4-14,30H,1-3H3,(H2,26,29). The van der Waals surface area contributed by atoms with Gasteiger partial charge in [0.25, 0.3) is 0 Å². The predicted octanol–water partition coefficient (Wildman–Crippen LogP) is 5.00. The van der Waals surface area contributed by atoms with E-state index in [1.807, 2.05) is 37.4 Å². The van der Waals surface area contributed by atoms with Gasteiger partial charge in [-0.1, -0.05) is 30.3 Å². The molecule has 1 aliphatic rings. The molecule has 5 rings (SSSR count). The molecule has 4 heterocycles. The number of anilines is 2. The number of nitrogen functional groups attached to an aromatic ring is 1. The van der Waals surface area contributed by atoms with Crippen LogP contribution in [-0.2, 0) is 5.54 Å². The quantitative estimate of drug-likeness (QED) is 0.501. The van der Waals surface area contributed by atoms with E-state index in [-0.39, 0.29) is 0 Å². The van der Waals surface area contributed by atoms with Crippen LogP contribution in [0.25, 0.3) is 16.5 Å². The van der Waals surface area contributed by atoms with Gasteiger partial charge in [0.05, 0.1) is 28.1 Å². The lowest BCUT2D eigenvalue weighted by Gasteiger charge is -2.35. The lowest BCUT2D eigenvalue weighted by molar-refractivity contribution is 0.660. The van der Waals surface area contributed by atoms with Crippen molar-refractivity contribution >= 4 is 28.0 Å². The van der Waals surface area contributed by atoms with Crippen molar-refractivity contribution in [2.75, 3.05) is 11.1 Å². The molecule has 5 heteroatoms. The van der Waals surface area contributed by atoms with Gasteiger partial charge in [-0.05, 0) is 56.7 Å². The van der Waals surface area contributed by atoms with Crippen molar-refractivity contribution < 1.29 is 0 Å². The summed E-state index contributed by atoms with van der Waals surface area (Å²) in [6.45, 7) is 6.23. The van der Waals surface area contributed by atoms with Crippen LogP contribution in [0.15, 0.2) is 66.9 Å². The number of nitrogens with one attached hydrogen (secondary N) is 1. The van der Waals surface area contributed by atoms with Crippen LogP contribution in [0.2, 0.25) is 0 Å². The highest BCUT2D eigenvalue weighted by Crippen LogP contribution is 2.44. The van der Waals surface area contributed by atoms with Crippen molar-refractivity contribution in [2.24, 2.45) is 0 Å². The van der Waals surface area contributed by atoms with Crippen molar-refractivity contribution in [3.63, 3.8) is 0 Å². The Bertz CT molecular complexity index is 1320. The molecule has 4 aromatic rings. The van der Waals surface area contributed by atoms with E-state index < -0.39 is 5.54 Å². The Balaban J connectivity index is 1.83. The molecule has 1 aromatic carbocycles. The molecule has 0 radical (unpaired) electrons. The van der Waals surface area contributed by atoms with E-state index >= 15 is 0 Å². The molecule has 1 aliphatic heterocycles. The number of nitrogens with zero attached hydrogens (tertiary/aromatic N) is 3. The Hall–Kier alpha value is -3.73. The number of pyridine rings is 3. The van der Waals surface area contributed by atoms with E-state index in [1.54, 1.807) is 6.07 Å². The molecule has 0 bridgehead atoms. The summed E-state index contributed by atoms with van der Waals surface area (Å²) in [7, 11) is 0. The third-order valence-corrected chi connectivity index (χ3v) is 5.68. The minimum atomic E-state index is -0.568. The van der Waals surface area contributed by atoms with Crippen molar-refractivity contribution in [3.05, 3.63) is 95.1 Å². The Morgan fingerprint density at radius 1 is 0.933 bits per heavy atom. The van der Waals surface area contributed by atoms with Gasteiger partial charge in [-0.25, -0.2) is 4.98 Å². The monoisotopic (exact) mass is 393 g/mol. The van der Waals surface area contributed by atoms with Crippen LogP contribution in [0.5, 0.6) is 0 Å². The number of benzene rings is 1. The Morgan fingerprint density at radius 3 is 2.63 bits per heavy atom. The number of nitrogens with two attached hydrogens (primary N) is 1. The average Bonchev–Trinajstić information content (AvgIpc) is 2.75. The first kappa shape index (κ1) is 18.3. The molecule has 0 saturated carbocycles. The van der Waals surface area contributed by atoms with Gasteiger partial charge in [-0.15, -0.1) is 0 Å². The summed E-state index contributed by atoms with van der Waals surface area (Å²) >= 11 is 0. The third kappa shape index (κ3) is 2.90. The summed E-state index contributed by atoms with van der Waals surface area (Å²) in [4.78, 5) is 14.2. The lowest BCUT2D eigenvalue weighted by Crippen LogP contribution is -2.34. The molecule has 30 heavy (non-hydrogen) atoms. The zero-order valence-electron chi connectivity index (χ0n) is 17.3. The number of aryl methyl sites for hydroxylation is 2. The van der Waals surface area contributed by atoms with Gasteiger partial charge in [0.1, 0.15) is 5.82 Å². The van der Waals surface area contributed by atoms with E-state index in [0.717, 1.165) is 50.4 Å². The fraction of sp³-hybridized carbons (Fsp3) is 0.160. The van der Waals surface area contributed by atoms with Gasteiger partial charge in [0.2, 0.25) is 0 Å². The molecule has 5 nitrogen and oxygen atoms in total. The minimum absolute atomic E-state index is 0.497. The Morgan fingerprint density at radius 2 is 1.80 bits per heavy atom. The van der Waals surface area contributed by atoms with E-state index in [1.165, 1.54) is 0 Å². The molecular weight excluding hydrogens is 370 g/mol. The second-order valence-corrected chi connectivity index (χ2v) is 8.01. The number of rotatable bonds is 2. The summed E-state index contributed by atoms with van der Waals surface area (Å²) in [5.41, 5.74) is 13.5. The van der Waals surface area contributed by atoms with Gasteiger partial charge in [0, 0.05) is 28.4 Å². The zero-order valence-corrected chi connectivity index (χ0v) is 17.3. The van der Waals surface area contributed by atoms with Crippen LogP contribution in [0.1, 0.15) is 35.1 Å². The molecular formula is C25H23N5. The highest BCUT2D eigenvalue weighted by molar-refractivity contribution is 6.01. The summed E-state index contributed by atoms with van der Waals surface area (Å²) in [6, 6.07) is 18.2. The molecule has 0 aliphatic carbocycles. The van der Waals surface area contributed by atoms with Crippen LogP contribution in [0.4, 0.5) is 11.5 Å². The molecule has 0 amide bonds. The molecule has 0 fully saturated rings. The van der Waals surface area contributed by atoms with E-state index in [2.05, 4.69) is 59.5 Å². The summed E-state index contributed by atoms with van der Waals surface area (Å²) in [6.07, 6.45) is 4.04. The summed E-state index contributed by atoms with van der Waals surface area (Å²) in [5, 5.41) is 4.79. The first-order valence-corrected chi connectivity index (χ1v) is 10.0. The Labute approximate surface area is 175 Å². The van der Waals surface area contributed by atoms with Crippen molar-refractivity contribution in [1.29, 1.82) is 0 Å². The first-order chi connectivity index (χ1) is 14.4. The SMILES string of the molecule is Cc1ccc(C)c(C2=CC(C)(c3cccc(N)n3)Nc3c2ccc2cccnc32)n1. The molecule has 0 spiro atoms. The second-order valence-electron chi connectivity index (χ2n) is 8.01. The van der Waals surface area contributed by atoms with Gasteiger partial charge >= 0.3 is 0 Å². The average molecular weight is 393 g/mol. The number of fused-ring (bicyclic) bond motifs is 3. The summed E-state index contributed by atoms with van der Waals surface area (Å²) in [5.74, 6) is 0.497. The smallest absolute Gasteiger partial charge is 0.123 e. The molecule has 3 aromatic heterocycles. The highest BCUT2D eigenvalue weighted by Gasteiger charge is 2.34. The van der Waals surface area contributed by atoms with Gasteiger partial charge in [-0.2, -0.15) is 0 Å². The van der Waals surface area contributed by atoms with Crippen LogP contribution in [0.3, 0.4) is 0 Å². The first-order valence-electron chi connectivity index (χ1n) is 10.0. The molecule has 148 valence electrons. The van der Waals surface area contributed by atoms with E-state index in [0.29, 0.717) is 5.82 Å². The van der Waals surface area contributed by atoms with Crippen molar-refractivity contribution in [2.45, 2.75) is 26.3 Å². The largest absolute Gasteiger partial charge is 0.384 e. The fourth-order valence-electron chi connectivity index (χ4n) is 4.13. The summed E-state index contributed by atoms with van der Waals surface area (Å²) < 4.78 is 0. The van der Waals surface area contributed by atoms with E-state index in [4.69, 9.17) is 10.7 Å². The lowest BCUT2D eigenvalue weighted by atomic mass is 9.83. The van der Waals surface area contributed by atoms with Crippen molar-refractivity contribution in [3.8, 4) is 0 Å². The van der Waals surface area contributed by atoms with Gasteiger partial charge < -0.3 is 11.1 Å². The normalized spacial score (nSPS) is 17.9. The van der Waals surface area contributed by atoms with Crippen LogP contribution >= 0.6 is 0 Å². The van der Waals surface area contributed by atoms with Crippen LogP contribution in [-0.4, -0.2) is 15.0 Å². The van der Waals surface area contributed by atoms with Crippen LogP contribution < -0.4 is 11.1 Å². The maximum absolute atomic E-state index is 6.01. The number of aromatic nitrogens is 3. The van der Waals surface area contributed by atoms with Crippen LogP contribution in [0, 0.1) is 13.8 Å².